The van der Waals surface area contributed by atoms with E-state index in [1.165, 1.54) is 0 Å². The summed E-state index contributed by atoms with van der Waals surface area (Å²) in [5.41, 5.74) is 3.10. The summed E-state index contributed by atoms with van der Waals surface area (Å²) in [6.45, 7) is 8.18. The van der Waals surface area contributed by atoms with Gasteiger partial charge in [0.15, 0.2) is 0 Å². The predicted octanol–water partition coefficient (Wildman–Crippen LogP) is 3.85. The Kier molecular flexibility index (Phi) is 4.26. The topological polar surface area (TPSA) is 54.0 Å². The van der Waals surface area contributed by atoms with Gasteiger partial charge in [-0.2, -0.15) is 0 Å². The Morgan fingerprint density at radius 1 is 1.10 bits per heavy atom. The number of amides is 1. The van der Waals surface area contributed by atoms with Crippen LogP contribution in [0.3, 0.4) is 0 Å². The van der Waals surface area contributed by atoms with Crippen LogP contribution in [-0.4, -0.2) is 16.4 Å². The van der Waals surface area contributed by atoms with Crippen molar-refractivity contribution in [3.63, 3.8) is 0 Å². The maximum absolute atomic E-state index is 12.2. The number of nitrogens with zero attached hydrogens (tertiary/aromatic N) is 1. The van der Waals surface area contributed by atoms with E-state index in [1.54, 1.807) is 12.3 Å². The number of benzene rings is 1. The van der Waals surface area contributed by atoms with Crippen LogP contribution in [0.25, 0.3) is 0 Å². The lowest BCUT2D eigenvalue weighted by molar-refractivity contribution is 0.102. The number of aryl methyl sites for hydroxylation is 1. The molecule has 4 nitrogen and oxygen atoms in total. The third-order valence-electron chi connectivity index (χ3n) is 2.91. The zero-order chi connectivity index (χ0) is 15.5. The molecule has 0 saturated carbocycles. The summed E-state index contributed by atoms with van der Waals surface area (Å²) in [6, 6.07) is 11.3. The van der Waals surface area contributed by atoms with Crippen LogP contribution < -0.4 is 10.6 Å². The third kappa shape index (κ3) is 4.31. The Morgan fingerprint density at radius 2 is 1.81 bits per heavy atom. The standard InChI is InChI=1S/C17H21N3O/c1-12-7-5-6-8-14(12)19-16(21)15-10-9-13(11-18-15)20-17(2,3)4/h5-11,20H,1-4H3,(H,19,21). The van der Waals surface area contributed by atoms with Gasteiger partial charge in [0.1, 0.15) is 5.69 Å². The number of rotatable bonds is 3. The van der Waals surface area contributed by atoms with E-state index < -0.39 is 0 Å². The van der Waals surface area contributed by atoms with Gasteiger partial charge in [0.05, 0.1) is 11.9 Å². The van der Waals surface area contributed by atoms with E-state index in [4.69, 9.17) is 0 Å². The quantitative estimate of drug-likeness (QED) is 0.899. The van der Waals surface area contributed by atoms with Crippen LogP contribution in [0.15, 0.2) is 42.6 Å². The van der Waals surface area contributed by atoms with E-state index in [1.807, 2.05) is 37.3 Å². The summed E-state index contributed by atoms with van der Waals surface area (Å²) in [7, 11) is 0. The summed E-state index contributed by atoms with van der Waals surface area (Å²) in [4.78, 5) is 16.4. The van der Waals surface area contributed by atoms with Crippen molar-refractivity contribution >= 4 is 17.3 Å². The summed E-state index contributed by atoms with van der Waals surface area (Å²) < 4.78 is 0. The molecule has 0 aliphatic heterocycles. The maximum Gasteiger partial charge on any atom is 0.274 e. The van der Waals surface area contributed by atoms with Crippen molar-refractivity contribution in [2.45, 2.75) is 33.2 Å². The first-order chi connectivity index (χ1) is 9.85. The van der Waals surface area contributed by atoms with E-state index >= 15 is 0 Å². The third-order valence-corrected chi connectivity index (χ3v) is 2.91. The first-order valence-electron chi connectivity index (χ1n) is 6.96. The van der Waals surface area contributed by atoms with Gasteiger partial charge in [-0.05, 0) is 51.5 Å². The average Bonchev–Trinajstić information content (AvgIpc) is 2.40. The van der Waals surface area contributed by atoms with Crippen LogP contribution in [0.5, 0.6) is 0 Å². The molecule has 2 N–H and O–H groups in total. The largest absolute Gasteiger partial charge is 0.379 e. The van der Waals surface area contributed by atoms with E-state index in [2.05, 4.69) is 36.4 Å². The Bertz CT molecular complexity index is 627. The van der Waals surface area contributed by atoms with Crippen LogP contribution in [-0.2, 0) is 0 Å². The molecule has 1 aromatic carbocycles. The number of nitrogens with one attached hydrogen (secondary N) is 2. The number of anilines is 2. The van der Waals surface area contributed by atoms with Crippen molar-refractivity contribution in [2.24, 2.45) is 0 Å². The lowest BCUT2D eigenvalue weighted by Crippen LogP contribution is -2.26. The Labute approximate surface area is 125 Å². The van der Waals surface area contributed by atoms with E-state index in [0.717, 1.165) is 16.9 Å². The molecule has 0 bridgehead atoms. The molecule has 2 rings (SSSR count). The minimum absolute atomic E-state index is 0.0351. The maximum atomic E-state index is 12.2. The lowest BCUT2D eigenvalue weighted by Gasteiger charge is -2.21. The number of hydrogen-bond acceptors (Lipinski definition) is 3. The van der Waals surface area contributed by atoms with Crippen LogP contribution >= 0.6 is 0 Å². The van der Waals surface area contributed by atoms with Gasteiger partial charge in [-0.1, -0.05) is 18.2 Å². The molecule has 0 radical (unpaired) electrons. The molecule has 0 atom stereocenters. The molecule has 1 amide bonds. The second-order valence-corrected chi connectivity index (χ2v) is 6.08. The number of para-hydroxylation sites is 1. The normalized spacial score (nSPS) is 11.0. The average molecular weight is 283 g/mol. The zero-order valence-corrected chi connectivity index (χ0v) is 12.9. The fraction of sp³-hybridized carbons (Fsp3) is 0.294. The van der Waals surface area contributed by atoms with Crippen molar-refractivity contribution < 1.29 is 4.79 Å². The highest BCUT2D eigenvalue weighted by Gasteiger charge is 2.12. The van der Waals surface area contributed by atoms with Gasteiger partial charge in [-0.3, -0.25) is 4.79 Å². The van der Waals surface area contributed by atoms with Crippen molar-refractivity contribution in [3.8, 4) is 0 Å². The minimum Gasteiger partial charge on any atom is -0.379 e. The van der Waals surface area contributed by atoms with E-state index in [-0.39, 0.29) is 11.4 Å². The van der Waals surface area contributed by atoms with E-state index in [0.29, 0.717) is 5.69 Å². The lowest BCUT2D eigenvalue weighted by atomic mass is 10.1. The molecule has 0 unspecified atom stereocenters. The first-order valence-corrected chi connectivity index (χ1v) is 6.96. The SMILES string of the molecule is Cc1ccccc1NC(=O)c1ccc(NC(C)(C)C)cn1. The predicted molar refractivity (Wildman–Crippen MR) is 86.7 cm³/mol. The minimum atomic E-state index is -0.202. The molecule has 0 aliphatic rings. The van der Waals surface area contributed by atoms with Crippen molar-refractivity contribution in [1.82, 2.24) is 4.98 Å². The Balaban J connectivity index is 2.08. The molecule has 21 heavy (non-hydrogen) atoms. The highest BCUT2D eigenvalue weighted by molar-refractivity contribution is 6.03. The molecule has 0 spiro atoms. The Hall–Kier alpha value is -2.36. The smallest absolute Gasteiger partial charge is 0.274 e. The van der Waals surface area contributed by atoms with Gasteiger partial charge in [-0.25, -0.2) is 4.98 Å². The second kappa shape index (κ2) is 5.95. The molecule has 1 aromatic heterocycles. The molecule has 1 heterocycles. The Morgan fingerprint density at radius 3 is 2.38 bits per heavy atom. The van der Waals surface area contributed by atoms with Gasteiger partial charge in [0, 0.05) is 11.2 Å². The monoisotopic (exact) mass is 283 g/mol. The van der Waals surface area contributed by atoms with Gasteiger partial charge >= 0.3 is 0 Å². The fourth-order valence-electron chi connectivity index (χ4n) is 1.93. The highest BCUT2D eigenvalue weighted by atomic mass is 16.1. The van der Waals surface area contributed by atoms with Crippen molar-refractivity contribution in [1.29, 1.82) is 0 Å². The van der Waals surface area contributed by atoms with Crippen molar-refractivity contribution in [3.05, 3.63) is 53.9 Å². The summed E-state index contributed by atoms with van der Waals surface area (Å²) in [5.74, 6) is -0.202. The summed E-state index contributed by atoms with van der Waals surface area (Å²) in [6.07, 6.45) is 1.68. The van der Waals surface area contributed by atoms with Crippen molar-refractivity contribution in [2.75, 3.05) is 10.6 Å². The summed E-state index contributed by atoms with van der Waals surface area (Å²) in [5, 5.41) is 6.18. The molecule has 4 heteroatoms. The number of pyridine rings is 1. The number of hydrogen-bond donors (Lipinski definition) is 2. The molecular weight excluding hydrogens is 262 g/mol. The summed E-state index contributed by atoms with van der Waals surface area (Å²) >= 11 is 0. The van der Waals surface area contributed by atoms with Gasteiger partial charge in [0.2, 0.25) is 0 Å². The second-order valence-electron chi connectivity index (χ2n) is 6.08. The van der Waals surface area contributed by atoms with E-state index in [9.17, 15) is 4.79 Å². The fourth-order valence-corrected chi connectivity index (χ4v) is 1.93. The first kappa shape index (κ1) is 15.0. The van der Waals surface area contributed by atoms with Crippen LogP contribution in [0.2, 0.25) is 0 Å². The molecule has 110 valence electrons. The number of aromatic nitrogens is 1. The van der Waals surface area contributed by atoms with Gasteiger partial charge < -0.3 is 10.6 Å². The highest BCUT2D eigenvalue weighted by Crippen LogP contribution is 2.16. The number of carbonyl (C=O) groups excluding carboxylic acids is 1. The van der Waals surface area contributed by atoms with Crippen LogP contribution in [0, 0.1) is 6.92 Å². The van der Waals surface area contributed by atoms with Gasteiger partial charge in [-0.15, -0.1) is 0 Å². The van der Waals surface area contributed by atoms with Crippen LogP contribution in [0.4, 0.5) is 11.4 Å². The van der Waals surface area contributed by atoms with Gasteiger partial charge in [0.25, 0.3) is 5.91 Å². The molecule has 2 aromatic rings. The number of carbonyl (C=O) groups is 1. The molecule has 0 aliphatic carbocycles. The molecule has 0 saturated heterocycles. The molecular formula is C17H21N3O. The molecule has 0 fully saturated rings. The zero-order valence-electron chi connectivity index (χ0n) is 12.9. The van der Waals surface area contributed by atoms with Crippen LogP contribution in [0.1, 0.15) is 36.8 Å².